The molecule has 0 radical (unpaired) electrons. The second-order valence-electron chi connectivity index (χ2n) is 9.69. The van der Waals surface area contributed by atoms with Crippen LogP contribution in [0.3, 0.4) is 0 Å². The summed E-state index contributed by atoms with van der Waals surface area (Å²) in [5.74, 6) is 0.872. The third-order valence-corrected chi connectivity index (χ3v) is 7.68. The van der Waals surface area contributed by atoms with Crippen LogP contribution in [0.4, 0.5) is 0 Å². The molecule has 0 unspecified atom stereocenters. The Balaban J connectivity index is 1.53. The molecule has 0 spiro atoms. The highest BCUT2D eigenvalue weighted by atomic mass is 16.3. The molecule has 0 bridgehead atoms. The van der Waals surface area contributed by atoms with Crippen LogP contribution in [0, 0.1) is 19.8 Å². The van der Waals surface area contributed by atoms with Gasteiger partial charge in [0.1, 0.15) is 18.2 Å². The maximum atomic E-state index is 6.42. The van der Waals surface area contributed by atoms with E-state index in [-0.39, 0.29) is 0 Å². The lowest BCUT2D eigenvalue weighted by molar-refractivity contribution is -0.633. The van der Waals surface area contributed by atoms with Crippen LogP contribution >= 0.6 is 0 Å². The number of hydrogen-bond donors (Lipinski definition) is 0. The summed E-state index contributed by atoms with van der Waals surface area (Å²) in [6.07, 6.45) is 6.82. The van der Waals surface area contributed by atoms with E-state index in [9.17, 15) is 0 Å². The number of furan rings is 1. The molecule has 1 aliphatic rings. The van der Waals surface area contributed by atoms with Gasteiger partial charge in [-0.15, -0.1) is 0 Å². The zero-order chi connectivity index (χ0) is 21.8. The lowest BCUT2D eigenvalue weighted by Crippen LogP contribution is -2.32. The van der Waals surface area contributed by atoms with Crippen molar-refractivity contribution in [3.8, 4) is 11.3 Å². The molecule has 6 rings (SSSR count). The van der Waals surface area contributed by atoms with Crippen LogP contribution in [-0.2, 0) is 13.5 Å². The van der Waals surface area contributed by atoms with E-state index < -0.39 is 0 Å². The summed E-state index contributed by atoms with van der Waals surface area (Å²) in [7, 11) is 2.19. The summed E-state index contributed by atoms with van der Waals surface area (Å²) in [6.45, 7) is 4.42. The van der Waals surface area contributed by atoms with Gasteiger partial charge in [0.25, 0.3) is 0 Å². The van der Waals surface area contributed by atoms with E-state index in [1.807, 2.05) is 6.07 Å². The SMILES string of the molecule is Cc1cc2c(oc3ccccc32)c(-c2ccc3cc(CC4CCCC4)ccc3[n+]2C)c1C. The summed E-state index contributed by atoms with van der Waals surface area (Å²) in [6, 6.07) is 22.2. The molecule has 2 aromatic heterocycles. The zero-order valence-corrected chi connectivity index (χ0v) is 19.2. The van der Waals surface area contributed by atoms with Gasteiger partial charge in [-0.3, -0.25) is 0 Å². The molecule has 0 amide bonds. The van der Waals surface area contributed by atoms with Crippen LogP contribution < -0.4 is 4.57 Å². The Bertz CT molecular complexity index is 1480. The molecular formula is C30H30NO+. The Hall–Kier alpha value is -3.13. The maximum absolute atomic E-state index is 6.42. The van der Waals surface area contributed by atoms with E-state index in [0.29, 0.717) is 0 Å². The molecule has 0 N–H and O–H groups in total. The van der Waals surface area contributed by atoms with Crippen molar-refractivity contribution in [3.05, 3.63) is 77.4 Å². The Labute approximate surface area is 189 Å². The first kappa shape index (κ1) is 19.5. The highest BCUT2D eigenvalue weighted by molar-refractivity contribution is 6.10. The van der Waals surface area contributed by atoms with Crippen molar-refractivity contribution in [1.82, 2.24) is 0 Å². The number of aromatic nitrogens is 1. The topological polar surface area (TPSA) is 17.0 Å². The lowest BCUT2D eigenvalue weighted by atomic mass is 9.95. The van der Waals surface area contributed by atoms with Crippen molar-refractivity contribution < 1.29 is 8.98 Å². The maximum Gasteiger partial charge on any atom is 0.216 e. The molecule has 2 nitrogen and oxygen atoms in total. The molecular weight excluding hydrogens is 390 g/mol. The van der Waals surface area contributed by atoms with Gasteiger partial charge in [0, 0.05) is 28.3 Å². The molecule has 1 saturated carbocycles. The number of nitrogens with zero attached hydrogens (tertiary/aromatic N) is 1. The number of fused-ring (bicyclic) bond motifs is 4. The Kier molecular flexibility index (Phi) is 4.57. The van der Waals surface area contributed by atoms with Gasteiger partial charge in [-0.05, 0) is 67.1 Å². The second-order valence-corrected chi connectivity index (χ2v) is 9.69. The first-order valence-corrected chi connectivity index (χ1v) is 11.9. The average Bonchev–Trinajstić information content (AvgIpc) is 3.43. The van der Waals surface area contributed by atoms with Gasteiger partial charge in [0.05, 0.1) is 5.56 Å². The van der Waals surface area contributed by atoms with Gasteiger partial charge in [-0.1, -0.05) is 49.9 Å². The van der Waals surface area contributed by atoms with Crippen LogP contribution in [0.2, 0.25) is 0 Å². The van der Waals surface area contributed by atoms with Crippen molar-refractivity contribution in [2.75, 3.05) is 0 Å². The predicted molar refractivity (Wildman–Crippen MR) is 133 cm³/mol. The number of pyridine rings is 1. The third kappa shape index (κ3) is 3.04. The monoisotopic (exact) mass is 420 g/mol. The molecule has 160 valence electrons. The predicted octanol–water partition coefficient (Wildman–Crippen LogP) is 7.58. The fraction of sp³-hybridized carbons (Fsp3) is 0.300. The van der Waals surface area contributed by atoms with Crippen LogP contribution in [-0.4, -0.2) is 0 Å². The van der Waals surface area contributed by atoms with Gasteiger partial charge < -0.3 is 4.42 Å². The number of aryl methyl sites for hydroxylation is 2. The fourth-order valence-electron chi connectivity index (χ4n) is 5.77. The first-order chi connectivity index (χ1) is 15.6. The molecule has 3 aromatic carbocycles. The standard InChI is InChI=1S/C30H30NO/c1-19-16-25-24-10-6-7-11-28(24)32-30(25)29(20(19)2)27-15-13-23-18-22(12-14-26(23)31(27)3)17-21-8-4-5-9-21/h6-7,10-16,18,21H,4-5,8-9,17H2,1-3H3/q+1. The minimum atomic E-state index is 0.872. The molecule has 0 aliphatic heterocycles. The quantitative estimate of drug-likeness (QED) is 0.275. The summed E-state index contributed by atoms with van der Waals surface area (Å²) >= 11 is 0. The van der Waals surface area contributed by atoms with Gasteiger partial charge in [0.15, 0.2) is 0 Å². The Morgan fingerprint density at radius 1 is 0.906 bits per heavy atom. The molecule has 1 aliphatic carbocycles. The zero-order valence-electron chi connectivity index (χ0n) is 19.2. The minimum Gasteiger partial charge on any atom is -0.455 e. The molecule has 2 heterocycles. The van der Waals surface area contributed by atoms with Crippen molar-refractivity contribution >= 4 is 32.8 Å². The Morgan fingerprint density at radius 2 is 1.72 bits per heavy atom. The lowest BCUT2D eigenvalue weighted by Gasteiger charge is -2.12. The van der Waals surface area contributed by atoms with Crippen LogP contribution in [0.25, 0.3) is 44.1 Å². The van der Waals surface area contributed by atoms with Gasteiger partial charge in [-0.2, -0.15) is 4.57 Å². The van der Waals surface area contributed by atoms with Crippen LogP contribution in [0.5, 0.6) is 0 Å². The summed E-state index contributed by atoms with van der Waals surface area (Å²) in [4.78, 5) is 0. The van der Waals surface area contributed by atoms with Crippen molar-refractivity contribution in [1.29, 1.82) is 0 Å². The molecule has 0 saturated heterocycles. The van der Waals surface area contributed by atoms with Crippen molar-refractivity contribution in [3.63, 3.8) is 0 Å². The first-order valence-electron chi connectivity index (χ1n) is 11.9. The average molecular weight is 421 g/mol. The summed E-state index contributed by atoms with van der Waals surface area (Å²) in [5.41, 5.74) is 9.67. The van der Waals surface area contributed by atoms with E-state index in [0.717, 1.165) is 17.1 Å². The minimum absolute atomic E-state index is 0.872. The second kappa shape index (κ2) is 7.48. The third-order valence-electron chi connectivity index (χ3n) is 7.68. The fourth-order valence-corrected chi connectivity index (χ4v) is 5.77. The molecule has 5 aromatic rings. The van der Waals surface area contributed by atoms with E-state index >= 15 is 0 Å². The van der Waals surface area contributed by atoms with Crippen molar-refractivity contribution in [2.45, 2.75) is 46.0 Å². The van der Waals surface area contributed by atoms with E-state index in [2.05, 4.69) is 80.1 Å². The number of rotatable bonds is 3. The summed E-state index contributed by atoms with van der Waals surface area (Å²) < 4.78 is 8.76. The number of para-hydroxylation sites is 1. The van der Waals surface area contributed by atoms with Gasteiger partial charge in [0.2, 0.25) is 11.2 Å². The van der Waals surface area contributed by atoms with E-state index in [4.69, 9.17) is 4.42 Å². The van der Waals surface area contributed by atoms with Crippen LogP contribution in [0.1, 0.15) is 42.4 Å². The molecule has 32 heavy (non-hydrogen) atoms. The highest BCUT2D eigenvalue weighted by Crippen LogP contribution is 2.38. The molecule has 0 atom stereocenters. The Morgan fingerprint density at radius 3 is 2.56 bits per heavy atom. The number of benzene rings is 3. The van der Waals surface area contributed by atoms with Crippen LogP contribution in [0.15, 0.2) is 65.1 Å². The van der Waals surface area contributed by atoms with E-state index in [1.165, 1.54) is 81.7 Å². The largest absolute Gasteiger partial charge is 0.455 e. The van der Waals surface area contributed by atoms with E-state index in [1.54, 1.807) is 0 Å². The molecule has 1 fully saturated rings. The number of hydrogen-bond acceptors (Lipinski definition) is 1. The van der Waals surface area contributed by atoms with Crippen molar-refractivity contribution in [2.24, 2.45) is 13.0 Å². The summed E-state index contributed by atoms with van der Waals surface area (Å²) in [5, 5.41) is 3.70. The highest BCUT2D eigenvalue weighted by Gasteiger charge is 2.24. The molecule has 2 heteroatoms. The normalized spacial score (nSPS) is 14.8. The van der Waals surface area contributed by atoms with Gasteiger partial charge in [-0.25, -0.2) is 0 Å². The van der Waals surface area contributed by atoms with Gasteiger partial charge >= 0.3 is 0 Å². The smallest absolute Gasteiger partial charge is 0.216 e.